The number of aromatic nitrogens is 1. The third-order valence-electron chi connectivity index (χ3n) is 7.43. The van der Waals surface area contributed by atoms with E-state index in [1.165, 1.54) is 24.0 Å². The van der Waals surface area contributed by atoms with Crippen LogP contribution in [0.3, 0.4) is 0 Å². The number of pyridine rings is 1. The molecule has 1 amide bonds. The average Bonchev–Trinajstić information content (AvgIpc) is 3.32. The Bertz CT molecular complexity index is 969. The lowest BCUT2D eigenvalue weighted by Gasteiger charge is -2.37. The van der Waals surface area contributed by atoms with E-state index in [1.807, 2.05) is 17.9 Å². The Kier molecular flexibility index (Phi) is 7.46. The second-order valence-corrected chi connectivity index (χ2v) is 9.74. The Morgan fingerprint density at radius 3 is 2.44 bits per heavy atom. The highest BCUT2D eigenvalue weighted by atomic mass is 16.2. The van der Waals surface area contributed by atoms with Gasteiger partial charge in [-0.15, -0.1) is 0 Å². The van der Waals surface area contributed by atoms with Crippen molar-refractivity contribution in [3.05, 3.63) is 69.1 Å². The smallest absolute Gasteiger partial charge is 0.260 e. The van der Waals surface area contributed by atoms with Crippen LogP contribution in [0.4, 0.5) is 0 Å². The Hall–Kier alpha value is -2.40. The fourth-order valence-electron chi connectivity index (χ4n) is 5.35. The normalized spacial score (nSPS) is 18.2. The molecule has 4 rings (SSSR count). The highest BCUT2D eigenvalue weighted by Gasteiger charge is 2.31. The monoisotopic (exact) mass is 435 g/mol. The van der Waals surface area contributed by atoms with E-state index in [2.05, 4.69) is 41.1 Å². The van der Waals surface area contributed by atoms with Crippen LogP contribution in [0.25, 0.3) is 0 Å². The van der Waals surface area contributed by atoms with Gasteiger partial charge in [-0.05, 0) is 88.2 Å². The highest BCUT2D eigenvalue weighted by Crippen LogP contribution is 2.28. The summed E-state index contributed by atoms with van der Waals surface area (Å²) < 4.78 is 0. The van der Waals surface area contributed by atoms with Gasteiger partial charge in [0.2, 0.25) is 0 Å². The second-order valence-electron chi connectivity index (χ2n) is 9.74. The summed E-state index contributed by atoms with van der Waals surface area (Å²) in [5.74, 6) is 0.430. The molecular formula is C27H37N3O2. The predicted molar refractivity (Wildman–Crippen MR) is 129 cm³/mol. The van der Waals surface area contributed by atoms with Crippen LogP contribution in [0.15, 0.2) is 41.2 Å². The fraction of sp³-hybridized carbons (Fsp3) is 0.556. The van der Waals surface area contributed by atoms with Gasteiger partial charge in [-0.1, -0.05) is 37.1 Å². The summed E-state index contributed by atoms with van der Waals surface area (Å²) in [6, 6.07) is 12.5. The van der Waals surface area contributed by atoms with Crippen molar-refractivity contribution in [2.75, 3.05) is 26.2 Å². The molecule has 0 radical (unpaired) electrons. The number of nitrogens with one attached hydrogen (secondary N) is 1. The first-order valence-corrected chi connectivity index (χ1v) is 12.3. The van der Waals surface area contributed by atoms with Gasteiger partial charge >= 0.3 is 0 Å². The van der Waals surface area contributed by atoms with Crippen LogP contribution in [0.1, 0.15) is 65.7 Å². The Morgan fingerprint density at radius 1 is 1.03 bits per heavy atom. The topological polar surface area (TPSA) is 56.4 Å². The summed E-state index contributed by atoms with van der Waals surface area (Å²) >= 11 is 0. The van der Waals surface area contributed by atoms with Gasteiger partial charge in [0.05, 0.1) is 0 Å². The molecular weight excluding hydrogens is 398 g/mol. The van der Waals surface area contributed by atoms with Crippen molar-refractivity contribution < 1.29 is 4.79 Å². The molecule has 5 nitrogen and oxygen atoms in total. The van der Waals surface area contributed by atoms with Crippen molar-refractivity contribution in [1.82, 2.24) is 14.8 Å². The van der Waals surface area contributed by atoms with Crippen molar-refractivity contribution in [2.24, 2.45) is 5.92 Å². The van der Waals surface area contributed by atoms with Crippen molar-refractivity contribution in [2.45, 2.75) is 64.8 Å². The summed E-state index contributed by atoms with van der Waals surface area (Å²) in [5, 5.41) is 0. The van der Waals surface area contributed by atoms with E-state index in [-0.39, 0.29) is 23.1 Å². The highest BCUT2D eigenvalue weighted by molar-refractivity contribution is 5.94. The molecule has 2 aliphatic rings. The van der Waals surface area contributed by atoms with Gasteiger partial charge in [0, 0.05) is 24.8 Å². The molecule has 172 valence electrons. The molecule has 0 spiro atoms. The number of likely N-dealkylation sites (tertiary alicyclic amines) is 1. The number of hydrogen-bond donors (Lipinski definition) is 1. The second kappa shape index (κ2) is 10.5. The molecule has 2 fully saturated rings. The standard InChI is InChI=1S/C27H37N3O2/c1-20-7-3-4-8-23(20)15-18-29-16-13-22(14-17-29)19-30(24-9-5-6-10-24)27(32)25-12-11-21(2)28-26(25)31/h3-4,7-8,11-12,22,24H,5-6,9-10,13-19H2,1-2H3,(H,28,31). The van der Waals surface area contributed by atoms with Crippen LogP contribution in [0.2, 0.25) is 0 Å². The number of aromatic amines is 1. The molecule has 2 heterocycles. The lowest BCUT2D eigenvalue weighted by molar-refractivity contribution is 0.0597. The van der Waals surface area contributed by atoms with Crippen molar-refractivity contribution in [3.63, 3.8) is 0 Å². The molecule has 0 bridgehead atoms. The van der Waals surface area contributed by atoms with Crippen LogP contribution in [0.5, 0.6) is 0 Å². The maximum Gasteiger partial charge on any atom is 0.260 e. The minimum atomic E-state index is -0.260. The van der Waals surface area contributed by atoms with Gasteiger partial charge < -0.3 is 14.8 Å². The largest absolute Gasteiger partial charge is 0.335 e. The minimum Gasteiger partial charge on any atom is -0.335 e. The number of nitrogens with zero attached hydrogens (tertiary/aromatic N) is 2. The molecule has 1 aliphatic heterocycles. The predicted octanol–water partition coefficient (Wildman–Crippen LogP) is 4.33. The number of benzene rings is 1. The number of carbonyl (C=O) groups is 1. The summed E-state index contributed by atoms with van der Waals surface area (Å²) in [4.78, 5) is 33.2. The molecule has 2 aromatic rings. The lowest BCUT2D eigenvalue weighted by atomic mass is 9.94. The first kappa shape index (κ1) is 22.8. The van der Waals surface area contributed by atoms with E-state index in [9.17, 15) is 9.59 Å². The lowest BCUT2D eigenvalue weighted by Crippen LogP contribution is -2.46. The van der Waals surface area contributed by atoms with Gasteiger partial charge in [-0.25, -0.2) is 0 Å². The minimum absolute atomic E-state index is 0.0832. The summed E-state index contributed by atoms with van der Waals surface area (Å²) in [7, 11) is 0. The quantitative estimate of drug-likeness (QED) is 0.704. The van der Waals surface area contributed by atoms with Crippen LogP contribution < -0.4 is 5.56 Å². The van der Waals surface area contributed by atoms with Crippen molar-refractivity contribution in [3.8, 4) is 0 Å². The number of H-pyrrole nitrogens is 1. The summed E-state index contributed by atoms with van der Waals surface area (Å²) in [5.41, 5.74) is 3.63. The zero-order chi connectivity index (χ0) is 22.5. The molecule has 0 unspecified atom stereocenters. The van der Waals surface area contributed by atoms with Crippen LogP contribution in [-0.2, 0) is 6.42 Å². The number of amides is 1. The maximum atomic E-state index is 13.4. The molecule has 1 aromatic heterocycles. The fourth-order valence-corrected chi connectivity index (χ4v) is 5.35. The molecule has 1 saturated carbocycles. The van der Waals surface area contributed by atoms with Gasteiger partial charge in [0.25, 0.3) is 11.5 Å². The number of hydrogen-bond acceptors (Lipinski definition) is 3. The van der Waals surface area contributed by atoms with E-state index in [0.29, 0.717) is 5.92 Å². The average molecular weight is 436 g/mol. The van der Waals surface area contributed by atoms with E-state index >= 15 is 0 Å². The molecule has 1 aromatic carbocycles. The van der Waals surface area contributed by atoms with Gasteiger partial charge in [-0.2, -0.15) is 0 Å². The number of rotatable bonds is 7. The first-order chi connectivity index (χ1) is 15.5. The number of carbonyl (C=O) groups excluding carboxylic acids is 1. The Morgan fingerprint density at radius 2 is 1.75 bits per heavy atom. The first-order valence-electron chi connectivity index (χ1n) is 12.3. The molecule has 1 saturated heterocycles. The third kappa shape index (κ3) is 5.50. The van der Waals surface area contributed by atoms with Crippen LogP contribution in [-0.4, -0.2) is 52.9 Å². The zero-order valence-corrected chi connectivity index (χ0v) is 19.6. The molecule has 0 atom stereocenters. The molecule has 5 heteroatoms. The molecule has 1 N–H and O–H groups in total. The third-order valence-corrected chi connectivity index (χ3v) is 7.43. The Balaban J connectivity index is 1.35. The number of piperidine rings is 1. The summed E-state index contributed by atoms with van der Waals surface area (Å²) in [6.07, 6.45) is 7.81. The van der Waals surface area contributed by atoms with Gasteiger partial charge in [0.1, 0.15) is 5.56 Å². The zero-order valence-electron chi connectivity index (χ0n) is 19.6. The Labute approximate surface area is 191 Å². The van der Waals surface area contributed by atoms with E-state index in [4.69, 9.17) is 0 Å². The van der Waals surface area contributed by atoms with Crippen LogP contribution in [0, 0.1) is 19.8 Å². The molecule has 32 heavy (non-hydrogen) atoms. The number of aryl methyl sites for hydroxylation is 2. The SMILES string of the molecule is Cc1ccc(C(=O)N(CC2CCN(CCc3ccccc3C)CC2)C2CCCC2)c(=O)[nH]1. The van der Waals surface area contributed by atoms with Crippen molar-refractivity contribution in [1.29, 1.82) is 0 Å². The van der Waals surface area contributed by atoms with E-state index in [0.717, 1.165) is 64.0 Å². The van der Waals surface area contributed by atoms with E-state index in [1.54, 1.807) is 6.07 Å². The molecule has 1 aliphatic carbocycles. The van der Waals surface area contributed by atoms with Crippen LogP contribution >= 0.6 is 0 Å². The summed E-state index contributed by atoms with van der Waals surface area (Å²) in [6.45, 7) is 8.10. The van der Waals surface area contributed by atoms with E-state index < -0.39 is 0 Å². The maximum absolute atomic E-state index is 13.4. The van der Waals surface area contributed by atoms with Gasteiger partial charge in [0.15, 0.2) is 0 Å². The van der Waals surface area contributed by atoms with Crippen molar-refractivity contribution >= 4 is 5.91 Å². The van der Waals surface area contributed by atoms with Gasteiger partial charge in [-0.3, -0.25) is 9.59 Å².